The fraction of sp³-hybridized carbons (Fsp3) is 0.533. The summed E-state index contributed by atoms with van der Waals surface area (Å²) in [5.74, 6) is 1.47. The lowest BCUT2D eigenvalue weighted by Gasteiger charge is -2.30. The van der Waals surface area contributed by atoms with Gasteiger partial charge in [-0.05, 0) is 36.5 Å². The molecule has 1 aliphatic carbocycles. The van der Waals surface area contributed by atoms with Gasteiger partial charge in [0.05, 0.1) is 16.9 Å². The quantitative estimate of drug-likeness (QED) is 0.679. The van der Waals surface area contributed by atoms with E-state index in [0.717, 1.165) is 15.8 Å². The van der Waals surface area contributed by atoms with E-state index in [-0.39, 0.29) is 0 Å². The lowest BCUT2D eigenvalue weighted by atomic mass is 9.87. The molecule has 0 aliphatic heterocycles. The van der Waals surface area contributed by atoms with Crippen molar-refractivity contribution >= 4 is 38.6 Å². The van der Waals surface area contributed by atoms with Gasteiger partial charge in [0.15, 0.2) is 0 Å². The maximum Gasteiger partial charge on any atom is 0.125 e. The van der Waals surface area contributed by atoms with Crippen LogP contribution in [0.1, 0.15) is 45.0 Å². The average Bonchev–Trinajstić information content (AvgIpc) is 2.87. The molecule has 1 aliphatic rings. The van der Waals surface area contributed by atoms with Crippen LogP contribution in [0.15, 0.2) is 22.7 Å². The fourth-order valence-electron chi connectivity index (χ4n) is 3.35. The van der Waals surface area contributed by atoms with Gasteiger partial charge in [-0.15, -0.1) is 11.6 Å². The van der Waals surface area contributed by atoms with Crippen LogP contribution in [0.4, 0.5) is 0 Å². The van der Waals surface area contributed by atoms with E-state index in [1.54, 1.807) is 0 Å². The number of aromatic nitrogens is 2. The first-order chi connectivity index (χ1) is 9.03. The third kappa shape index (κ3) is 2.21. The third-order valence-corrected chi connectivity index (χ3v) is 5.09. The number of fused-ring (bicyclic) bond motifs is 1. The fourth-order valence-corrected chi connectivity index (χ4v) is 3.89. The van der Waals surface area contributed by atoms with Crippen molar-refractivity contribution in [1.82, 2.24) is 9.55 Å². The van der Waals surface area contributed by atoms with Crippen LogP contribution in [0, 0.1) is 5.41 Å². The van der Waals surface area contributed by atoms with E-state index in [0.29, 0.717) is 17.3 Å². The van der Waals surface area contributed by atoms with E-state index in [1.807, 2.05) is 0 Å². The number of benzene rings is 1. The molecule has 0 saturated heterocycles. The standard InChI is InChI=1S/C15H18BrClN2/c1-15(2)7-3-4-13(15)19-12-6-5-10(16)8-11(12)18-14(19)9-17/h5-6,8,13H,3-4,7,9H2,1-2H3. The molecule has 0 bridgehead atoms. The van der Waals surface area contributed by atoms with Gasteiger partial charge in [0.2, 0.25) is 0 Å². The van der Waals surface area contributed by atoms with Gasteiger partial charge in [-0.1, -0.05) is 36.2 Å². The number of halogens is 2. The van der Waals surface area contributed by atoms with Gasteiger partial charge in [0.1, 0.15) is 5.82 Å². The summed E-state index contributed by atoms with van der Waals surface area (Å²) >= 11 is 9.63. The SMILES string of the molecule is CC1(C)CCCC1n1c(CCl)nc2cc(Br)ccc21. The molecule has 102 valence electrons. The molecule has 2 nitrogen and oxygen atoms in total. The Morgan fingerprint density at radius 1 is 1.47 bits per heavy atom. The second-order valence-corrected chi connectivity index (χ2v) is 7.24. The van der Waals surface area contributed by atoms with E-state index in [2.05, 4.69) is 52.5 Å². The highest BCUT2D eigenvalue weighted by molar-refractivity contribution is 9.10. The lowest BCUT2D eigenvalue weighted by molar-refractivity contribution is 0.262. The summed E-state index contributed by atoms with van der Waals surface area (Å²) < 4.78 is 3.44. The van der Waals surface area contributed by atoms with Gasteiger partial charge in [0.25, 0.3) is 0 Å². The van der Waals surface area contributed by atoms with Crippen molar-refractivity contribution in [3.05, 3.63) is 28.5 Å². The minimum Gasteiger partial charge on any atom is -0.323 e. The van der Waals surface area contributed by atoms with Gasteiger partial charge < -0.3 is 4.57 Å². The molecular formula is C15H18BrClN2. The molecule has 1 aromatic heterocycles. The summed E-state index contributed by atoms with van der Waals surface area (Å²) in [4.78, 5) is 4.70. The Balaban J connectivity index is 2.21. The van der Waals surface area contributed by atoms with Crippen LogP contribution >= 0.6 is 27.5 Å². The van der Waals surface area contributed by atoms with E-state index in [9.17, 15) is 0 Å². The van der Waals surface area contributed by atoms with Gasteiger partial charge in [-0.25, -0.2) is 4.98 Å². The lowest BCUT2D eigenvalue weighted by Crippen LogP contribution is -2.22. The smallest absolute Gasteiger partial charge is 0.125 e. The van der Waals surface area contributed by atoms with Crippen molar-refractivity contribution in [3.8, 4) is 0 Å². The Morgan fingerprint density at radius 2 is 2.26 bits per heavy atom. The molecule has 0 radical (unpaired) electrons. The van der Waals surface area contributed by atoms with Crippen LogP contribution in [0.3, 0.4) is 0 Å². The largest absolute Gasteiger partial charge is 0.323 e. The highest BCUT2D eigenvalue weighted by Gasteiger charge is 2.37. The first-order valence-electron chi connectivity index (χ1n) is 6.75. The predicted octanol–water partition coefficient (Wildman–Crippen LogP) is 5.29. The highest BCUT2D eigenvalue weighted by atomic mass is 79.9. The van der Waals surface area contributed by atoms with Crippen LogP contribution in [0.25, 0.3) is 11.0 Å². The molecule has 0 amide bonds. The monoisotopic (exact) mass is 340 g/mol. The number of alkyl halides is 1. The Bertz CT molecular complexity index is 618. The van der Waals surface area contributed by atoms with Gasteiger partial charge in [-0.2, -0.15) is 0 Å². The van der Waals surface area contributed by atoms with Crippen molar-refractivity contribution in [2.75, 3.05) is 0 Å². The first kappa shape index (κ1) is 13.4. The zero-order chi connectivity index (χ0) is 13.6. The molecule has 1 saturated carbocycles. The summed E-state index contributed by atoms with van der Waals surface area (Å²) in [6.07, 6.45) is 3.78. The molecule has 1 heterocycles. The first-order valence-corrected chi connectivity index (χ1v) is 8.08. The molecule has 19 heavy (non-hydrogen) atoms. The van der Waals surface area contributed by atoms with Gasteiger partial charge in [0, 0.05) is 10.5 Å². The van der Waals surface area contributed by atoms with E-state index >= 15 is 0 Å². The Morgan fingerprint density at radius 3 is 2.89 bits per heavy atom. The molecule has 0 spiro atoms. The number of hydrogen-bond donors (Lipinski definition) is 0. The van der Waals surface area contributed by atoms with E-state index in [1.165, 1.54) is 24.8 Å². The Kier molecular flexibility index (Phi) is 3.38. The van der Waals surface area contributed by atoms with Crippen molar-refractivity contribution in [3.63, 3.8) is 0 Å². The molecule has 3 rings (SSSR count). The van der Waals surface area contributed by atoms with E-state index < -0.39 is 0 Å². The van der Waals surface area contributed by atoms with Crippen molar-refractivity contribution in [2.45, 2.75) is 45.0 Å². The minimum absolute atomic E-state index is 0.321. The van der Waals surface area contributed by atoms with Crippen molar-refractivity contribution in [2.24, 2.45) is 5.41 Å². The second kappa shape index (κ2) is 4.78. The molecular weight excluding hydrogens is 324 g/mol. The van der Waals surface area contributed by atoms with Crippen LogP contribution in [-0.4, -0.2) is 9.55 Å². The second-order valence-electron chi connectivity index (χ2n) is 6.06. The number of imidazole rings is 1. The maximum atomic E-state index is 6.12. The molecule has 2 aromatic rings. The summed E-state index contributed by atoms with van der Waals surface area (Å²) in [6, 6.07) is 6.81. The predicted molar refractivity (Wildman–Crippen MR) is 83.7 cm³/mol. The van der Waals surface area contributed by atoms with E-state index in [4.69, 9.17) is 16.6 Å². The number of rotatable bonds is 2. The van der Waals surface area contributed by atoms with Gasteiger partial charge >= 0.3 is 0 Å². The average molecular weight is 342 g/mol. The normalized spacial score (nSPS) is 22.2. The minimum atomic E-state index is 0.321. The summed E-state index contributed by atoms with van der Waals surface area (Å²) in [7, 11) is 0. The van der Waals surface area contributed by atoms with Crippen LogP contribution in [-0.2, 0) is 5.88 Å². The number of nitrogens with zero attached hydrogens (tertiary/aromatic N) is 2. The van der Waals surface area contributed by atoms with Crippen LogP contribution in [0.5, 0.6) is 0 Å². The van der Waals surface area contributed by atoms with Crippen LogP contribution in [0.2, 0.25) is 0 Å². The third-order valence-electron chi connectivity index (χ3n) is 4.36. The highest BCUT2D eigenvalue weighted by Crippen LogP contribution is 2.47. The summed E-state index contributed by atoms with van der Waals surface area (Å²) in [5, 5.41) is 0. The molecule has 4 heteroatoms. The molecule has 1 unspecified atom stereocenters. The number of hydrogen-bond acceptors (Lipinski definition) is 1. The molecule has 0 N–H and O–H groups in total. The summed E-state index contributed by atoms with van der Waals surface area (Å²) in [5.41, 5.74) is 2.56. The molecule has 1 fully saturated rings. The van der Waals surface area contributed by atoms with Gasteiger partial charge in [-0.3, -0.25) is 0 Å². The molecule has 1 aromatic carbocycles. The molecule has 1 atom stereocenters. The zero-order valence-electron chi connectivity index (χ0n) is 11.3. The van der Waals surface area contributed by atoms with Crippen molar-refractivity contribution < 1.29 is 0 Å². The summed E-state index contributed by atoms with van der Waals surface area (Å²) in [6.45, 7) is 4.71. The van der Waals surface area contributed by atoms with Crippen molar-refractivity contribution in [1.29, 1.82) is 0 Å². The maximum absolute atomic E-state index is 6.12. The van der Waals surface area contributed by atoms with Crippen LogP contribution < -0.4 is 0 Å². The Labute approximate surface area is 127 Å². The zero-order valence-corrected chi connectivity index (χ0v) is 13.6. The topological polar surface area (TPSA) is 17.8 Å². The Hall–Kier alpha value is -0.540.